The van der Waals surface area contributed by atoms with Crippen LogP contribution in [0.1, 0.15) is 18.2 Å². The molecule has 1 unspecified atom stereocenters. The summed E-state index contributed by atoms with van der Waals surface area (Å²) in [5.74, 6) is 0. The summed E-state index contributed by atoms with van der Waals surface area (Å²) < 4.78 is 5.65. The van der Waals surface area contributed by atoms with E-state index in [0.29, 0.717) is 5.69 Å². The molecule has 0 aliphatic carbocycles. The number of aliphatic hydroxyl groups is 1. The van der Waals surface area contributed by atoms with Crippen molar-refractivity contribution >= 4 is 22.0 Å². The number of aliphatic hydroxyl groups excluding tert-OH is 1. The Hall–Kier alpha value is -1.14. The van der Waals surface area contributed by atoms with Gasteiger partial charge in [-0.1, -0.05) is 15.9 Å². The van der Waals surface area contributed by atoms with Gasteiger partial charge in [-0.15, -0.1) is 0 Å². The molecule has 1 amide bonds. The number of hydrogen-bond acceptors (Lipinski definition) is 4. The number of pyridine rings is 1. The molecular formula is C9H11BrN2O3. The Morgan fingerprint density at radius 1 is 1.73 bits per heavy atom. The van der Waals surface area contributed by atoms with Crippen LogP contribution in [0.5, 0.6) is 0 Å². The highest BCUT2D eigenvalue weighted by molar-refractivity contribution is 9.10. The van der Waals surface area contributed by atoms with Gasteiger partial charge in [0.05, 0.1) is 5.69 Å². The topological polar surface area (TPSA) is 85.4 Å². The maximum atomic E-state index is 10.6. The quantitative estimate of drug-likeness (QED) is 0.868. The number of amides is 1. The smallest absolute Gasteiger partial charge is 0.405 e. The fourth-order valence-corrected chi connectivity index (χ4v) is 1.47. The van der Waals surface area contributed by atoms with Crippen LogP contribution in [0.4, 0.5) is 4.79 Å². The Labute approximate surface area is 95.4 Å². The lowest BCUT2D eigenvalue weighted by Gasteiger charge is -2.14. The van der Waals surface area contributed by atoms with Crippen molar-refractivity contribution in [3.05, 3.63) is 28.5 Å². The molecule has 1 rings (SSSR count). The van der Waals surface area contributed by atoms with Gasteiger partial charge < -0.3 is 15.6 Å². The predicted molar refractivity (Wildman–Crippen MR) is 57.0 cm³/mol. The van der Waals surface area contributed by atoms with Gasteiger partial charge in [0.1, 0.15) is 6.10 Å². The van der Waals surface area contributed by atoms with Crippen molar-refractivity contribution in [1.29, 1.82) is 0 Å². The first-order valence-electron chi connectivity index (χ1n) is 4.32. The van der Waals surface area contributed by atoms with E-state index in [1.54, 1.807) is 18.3 Å². The predicted octanol–water partition coefficient (Wildman–Crippen LogP) is 1.36. The zero-order valence-corrected chi connectivity index (χ0v) is 9.48. The van der Waals surface area contributed by atoms with Gasteiger partial charge >= 0.3 is 6.09 Å². The number of halogens is 1. The van der Waals surface area contributed by atoms with Crippen LogP contribution >= 0.6 is 15.9 Å². The number of rotatable bonds is 4. The lowest BCUT2D eigenvalue weighted by molar-refractivity contribution is 0.0852. The summed E-state index contributed by atoms with van der Waals surface area (Å²) in [6.07, 6.45) is 0.362. The zero-order valence-electron chi connectivity index (χ0n) is 7.89. The minimum Gasteiger partial charge on any atom is -0.440 e. The van der Waals surface area contributed by atoms with Crippen molar-refractivity contribution in [3.8, 4) is 0 Å². The first-order valence-corrected chi connectivity index (χ1v) is 5.11. The summed E-state index contributed by atoms with van der Waals surface area (Å²) in [5.41, 5.74) is 5.47. The van der Waals surface area contributed by atoms with Crippen LogP contribution in [-0.4, -0.2) is 22.8 Å². The lowest BCUT2D eigenvalue weighted by Crippen LogP contribution is -2.19. The highest BCUT2D eigenvalue weighted by Crippen LogP contribution is 2.21. The molecule has 0 saturated heterocycles. The number of nitrogens with zero attached hydrogens (tertiary/aromatic N) is 1. The van der Waals surface area contributed by atoms with Crippen LogP contribution in [-0.2, 0) is 4.74 Å². The Bertz CT molecular complexity index is 346. The molecule has 0 aromatic carbocycles. The summed E-state index contributed by atoms with van der Waals surface area (Å²) >= 11 is 3.27. The highest BCUT2D eigenvalue weighted by Gasteiger charge is 2.16. The highest BCUT2D eigenvalue weighted by atomic mass is 79.9. The van der Waals surface area contributed by atoms with Crippen molar-refractivity contribution in [2.75, 3.05) is 6.61 Å². The number of carbonyl (C=O) groups is 1. The first-order chi connectivity index (χ1) is 7.13. The fraction of sp³-hybridized carbons (Fsp3) is 0.333. The largest absolute Gasteiger partial charge is 0.440 e. The second kappa shape index (κ2) is 5.67. The van der Waals surface area contributed by atoms with Crippen molar-refractivity contribution in [1.82, 2.24) is 4.98 Å². The Balaban J connectivity index is 2.83. The molecule has 0 fully saturated rings. The average molecular weight is 275 g/mol. The standard InChI is InChI=1S/C9H11BrN2O3/c10-6-1-3-12-7(5-6)8(2-4-13)15-9(11)14/h1,3,5,8,13H,2,4H2,(H2,11,14). The van der Waals surface area contributed by atoms with Crippen LogP contribution in [0.25, 0.3) is 0 Å². The molecule has 1 aromatic rings. The number of ether oxygens (including phenoxy) is 1. The molecule has 82 valence electrons. The van der Waals surface area contributed by atoms with E-state index in [9.17, 15) is 4.79 Å². The van der Waals surface area contributed by atoms with Gasteiger partial charge in [-0.25, -0.2) is 4.79 Å². The minimum absolute atomic E-state index is 0.105. The van der Waals surface area contributed by atoms with Gasteiger partial charge in [0.25, 0.3) is 0 Å². The number of hydrogen-bond donors (Lipinski definition) is 2. The summed E-state index contributed by atoms with van der Waals surface area (Å²) in [7, 11) is 0. The molecule has 1 heterocycles. The SMILES string of the molecule is NC(=O)OC(CCO)c1cc(Br)ccn1. The van der Waals surface area contributed by atoms with Gasteiger partial charge in [0, 0.05) is 23.7 Å². The third-order valence-electron chi connectivity index (χ3n) is 1.72. The monoisotopic (exact) mass is 274 g/mol. The van der Waals surface area contributed by atoms with E-state index in [1.165, 1.54) is 0 Å². The van der Waals surface area contributed by atoms with Crippen LogP contribution in [0.15, 0.2) is 22.8 Å². The molecular weight excluding hydrogens is 264 g/mol. The Morgan fingerprint density at radius 2 is 2.47 bits per heavy atom. The second-order valence-electron chi connectivity index (χ2n) is 2.84. The molecule has 1 atom stereocenters. The summed E-state index contributed by atoms with van der Waals surface area (Å²) in [6, 6.07) is 3.47. The first kappa shape index (κ1) is 11.9. The van der Waals surface area contributed by atoms with Crippen LogP contribution in [0.3, 0.4) is 0 Å². The van der Waals surface area contributed by atoms with E-state index in [4.69, 9.17) is 15.6 Å². The second-order valence-corrected chi connectivity index (χ2v) is 3.75. The molecule has 0 aliphatic rings. The normalized spacial score (nSPS) is 12.1. The van der Waals surface area contributed by atoms with Gasteiger partial charge in [0.2, 0.25) is 0 Å². The van der Waals surface area contributed by atoms with Crippen LogP contribution < -0.4 is 5.73 Å². The molecule has 3 N–H and O–H groups in total. The minimum atomic E-state index is -0.879. The van der Waals surface area contributed by atoms with E-state index in [-0.39, 0.29) is 13.0 Å². The number of aromatic nitrogens is 1. The molecule has 0 aliphatic heterocycles. The molecule has 6 heteroatoms. The van der Waals surface area contributed by atoms with E-state index >= 15 is 0 Å². The number of nitrogens with two attached hydrogens (primary N) is 1. The maximum absolute atomic E-state index is 10.6. The maximum Gasteiger partial charge on any atom is 0.405 e. The number of primary amides is 1. The van der Waals surface area contributed by atoms with Crippen molar-refractivity contribution in [2.24, 2.45) is 5.73 Å². The average Bonchev–Trinajstić information content (AvgIpc) is 2.16. The van der Waals surface area contributed by atoms with Gasteiger partial charge in [-0.05, 0) is 12.1 Å². The van der Waals surface area contributed by atoms with E-state index in [1.807, 2.05) is 0 Å². The van der Waals surface area contributed by atoms with Gasteiger partial charge in [-0.2, -0.15) is 0 Å². The van der Waals surface area contributed by atoms with E-state index < -0.39 is 12.2 Å². The summed E-state index contributed by atoms with van der Waals surface area (Å²) in [5, 5.41) is 8.81. The molecule has 0 spiro atoms. The fourth-order valence-electron chi connectivity index (χ4n) is 1.12. The Kier molecular flexibility index (Phi) is 4.51. The third kappa shape index (κ3) is 3.85. The summed E-state index contributed by atoms with van der Waals surface area (Å²) in [4.78, 5) is 14.7. The number of carbonyl (C=O) groups excluding carboxylic acids is 1. The van der Waals surface area contributed by atoms with Crippen molar-refractivity contribution < 1.29 is 14.6 Å². The van der Waals surface area contributed by atoms with Crippen molar-refractivity contribution in [3.63, 3.8) is 0 Å². The lowest BCUT2D eigenvalue weighted by atomic mass is 10.2. The zero-order chi connectivity index (χ0) is 11.3. The van der Waals surface area contributed by atoms with E-state index in [0.717, 1.165) is 4.47 Å². The molecule has 15 heavy (non-hydrogen) atoms. The molecule has 0 radical (unpaired) electrons. The Morgan fingerprint density at radius 3 is 3.00 bits per heavy atom. The van der Waals surface area contributed by atoms with Gasteiger partial charge in [-0.3, -0.25) is 4.98 Å². The molecule has 0 bridgehead atoms. The molecule has 0 saturated carbocycles. The van der Waals surface area contributed by atoms with Crippen LogP contribution in [0, 0.1) is 0 Å². The van der Waals surface area contributed by atoms with E-state index in [2.05, 4.69) is 20.9 Å². The molecule has 1 aromatic heterocycles. The van der Waals surface area contributed by atoms with Gasteiger partial charge in [0.15, 0.2) is 0 Å². The third-order valence-corrected chi connectivity index (χ3v) is 2.22. The summed E-state index contributed by atoms with van der Waals surface area (Å²) in [6.45, 7) is -0.105. The van der Waals surface area contributed by atoms with Crippen molar-refractivity contribution in [2.45, 2.75) is 12.5 Å². The molecule has 5 nitrogen and oxygen atoms in total. The van der Waals surface area contributed by atoms with Crippen LogP contribution in [0.2, 0.25) is 0 Å².